The maximum Gasteiger partial charge on any atom is 0.297 e. The third-order valence-corrected chi connectivity index (χ3v) is 3.49. The highest BCUT2D eigenvalue weighted by atomic mass is 32.1. The van der Waals surface area contributed by atoms with Crippen LogP contribution in [-0.2, 0) is 9.53 Å². The minimum atomic E-state index is -0.174. The summed E-state index contributed by atoms with van der Waals surface area (Å²) in [4.78, 5) is 15.5. The molecule has 2 rings (SSSR count). The lowest BCUT2D eigenvalue weighted by molar-refractivity contribution is -0.122. The molecule has 4 nitrogen and oxygen atoms in total. The Labute approximate surface area is 124 Å². The molecule has 0 N–H and O–H groups in total. The van der Waals surface area contributed by atoms with Gasteiger partial charge in [0.15, 0.2) is 5.76 Å². The van der Waals surface area contributed by atoms with Gasteiger partial charge in [0.2, 0.25) is 0 Å². The molecule has 0 aromatic heterocycles. The van der Waals surface area contributed by atoms with Crippen molar-refractivity contribution in [3.63, 3.8) is 0 Å². The minimum Gasteiger partial charge on any atom is -0.426 e. The number of ether oxygens (including phenoxy) is 1. The van der Waals surface area contributed by atoms with Gasteiger partial charge in [0.25, 0.3) is 11.1 Å². The molecule has 1 aromatic rings. The van der Waals surface area contributed by atoms with E-state index in [2.05, 4.69) is 4.90 Å². The standard InChI is InChI=1S/C15H18N2O2S/c1-5-17-14(18)13(19-15(17)20)9-11-6-7-12(16(3)4)10(2)8-11/h6-9H,5H2,1-4H3/b13-9+. The Bertz CT molecular complexity index is 594. The largest absolute Gasteiger partial charge is 0.426 e. The zero-order valence-corrected chi connectivity index (χ0v) is 13.0. The van der Waals surface area contributed by atoms with Crippen molar-refractivity contribution < 1.29 is 9.53 Å². The highest BCUT2D eigenvalue weighted by Gasteiger charge is 2.31. The first kappa shape index (κ1) is 14.5. The molecule has 1 saturated heterocycles. The van der Waals surface area contributed by atoms with Crippen molar-refractivity contribution in [3.05, 3.63) is 35.1 Å². The van der Waals surface area contributed by atoms with Gasteiger partial charge in [0.1, 0.15) is 0 Å². The van der Waals surface area contributed by atoms with E-state index in [4.69, 9.17) is 17.0 Å². The van der Waals surface area contributed by atoms with Crippen molar-refractivity contribution in [2.75, 3.05) is 25.5 Å². The van der Waals surface area contributed by atoms with Gasteiger partial charge in [-0.15, -0.1) is 0 Å². The Morgan fingerprint density at radius 1 is 1.40 bits per heavy atom. The van der Waals surface area contributed by atoms with Crippen LogP contribution in [0.2, 0.25) is 0 Å². The quantitative estimate of drug-likeness (QED) is 0.633. The molecule has 1 aliphatic heterocycles. The van der Waals surface area contributed by atoms with Gasteiger partial charge in [0, 0.05) is 26.3 Å². The van der Waals surface area contributed by atoms with Crippen LogP contribution in [0.5, 0.6) is 0 Å². The van der Waals surface area contributed by atoms with E-state index in [1.807, 2.05) is 46.1 Å². The Morgan fingerprint density at radius 2 is 2.10 bits per heavy atom. The smallest absolute Gasteiger partial charge is 0.297 e. The highest BCUT2D eigenvalue weighted by Crippen LogP contribution is 2.23. The molecule has 0 atom stereocenters. The van der Waals surface area contributed by atoms with Gasteiger partial charge in [-0.3, -0.25) is 9.69 Å². The number of carbonyl (C=O) groups is 1. The molecular formula is C15H18N2O2S. The molecule has 0 bridgehead atoms. The molecule has 1 fully saturated rings. The fraction of sp³-hybridized carbons (Fsp3) is 0.333. The van der Waals surface area contributed by atoms with Crippen LogP contribution in [0.25, 0.3) is 6.08 Å². The first-order chi connectivity index (χ1) is 9.43. The van der Waals surface area contributed by atoms with Crippen molar-refractivity contribution in [1.29, 1.82) is 0 Å². The number of aryl methyl sites for hydroxylation is 1. The van der Waals surface area contributed by atoms with Crippen LogP contribution in [0.3, 0.4) is 0 Å². The van der Waals surface area contributed by atoms with Crippen LogP contribution in [-0.4, -0.2) is 36.6 Å². The first-order valence-electron chi connectivity index (χ1n) is 6.47. The van der Waals surface area contributed by atoms with Crippen LogP contribution in [0.15, 0.2) is 24.0 Å². The minimum absolute atomic E-state index is 0.174. The normalized spacial score (nSPS) is 16.8. The summed E-state index contributed by atoms with van der Waals surface area (Å²) in [5, 5.41) is 0.227. The van der Waals surface area contributed by atoms with E-state index in [0.29, 0.717) is 6.54 Å². The van der Waals surface area contributed by atoms with E-state index in [1.165, 1.54) is 4.90 Å². The summed E-state index contributed by atoms with van der Waals surface area (Å²) in [7, 11) is 4.00. The second-order valence-corrected chi connectivity index (χ2v) is 5.22. The second kappa shape index (κ2) is 5.63. The Hall–Kier alpha value is -1.88. The molecule has 0 radical (unpaired) electrons. The molecule has 5 heteroatoms. The fourth-order valence-corrected chi connectivity index (χ4v) is 2.50. The molecular weight excluding hydrogens is 272 g/mol. The molecule has 106 valence electrons. The predicted octanol–water partition coefficient (Wildman–Crippen LogP) is 2.57. The van der Waals surface area contributed by atoms with Crippen LogP contribution in [0.4, 0.5) is 5.69 Å². The zero-order chi connectivity index (χ0) is 14.9. The third-order valence-electron chi connectivity index (χ3n) is 3.19. The zero-order valence-electron chi connectivity index (χ0n) is 12.1. The average molecular weight is 290 g/mol. The summed E-state index contributed by atoms with van der Waals surface area (Å²) in [6, 6.07) is 6.01. The average Bonchev–Trinajstić information content (AvgIpc) is 2.63. The van der Waals surface area contributed by atoms with Crippen LogP contribution in [0, 0.1) is 6.92 Å². The maximum atomic E-state index is 12.0. The van der Waals surface area contributed by atoms with Crippen LogP contribution in [0.1, 0.15) is 18.1 Å². The molecule has 1 amide bonds. The molecule has 1 heterocycles. The van der Waals surface area contributed by atoms with Crippen LogP contribution >= 0.6 is 12.2 Å². The summed E-state index contributed by atoms with van der Waals surface area (Å²) < 4.78 is 5.36. The maximum absolute atomic E-state index is 12.0. The number of hydrogen-bond donors (Lipinski definition) is 0. The number of benzene rings is 1. The second-order valence-electron chi connectivity index (χ2n) is 4.87. The van der Waals surface area contributed by atoms with Gasteiger partial charge in [-0.05, 0) is 55.4 Å². The van der Waals surface area contributed by atoms with Gasteiger partial charge in [-0.1, -0.05) is 6.07 Å². The summed E-state index contributed by atoms with van der Waals surface area (Å²) in [5.74, 6) is 0.112. The lowest BCUT2D eigenvalue weighted by Gasteiger charge is -2.15. The van der Waals surface area contributed by atoms with E-state index in [0.717, 1.165) is 16.8 Å². The summed E-state index contributed by atoms with van der Waals surface area (Å²) >= 11 is 5.03. The third kappa shape index (κ3) is 2.67. The summed E-state index contributed by atoms with van der Waals surface area (Å²) in [5.41, 5.74) is 3.22. The van der Waals surface area contributed by atoms with Gasteiger partial charge in [0.05, 0.1) is 0 Å². The monoisotopic (exact) mass is 290 g/mol. The van der Waals surface area contributed by atoms with Crippen molar-refractivity contribution in [2.45, 2.75) is 13.8 Å². The Kier molecular flexibility index (Phi) is 4.09. The summed E-state index contributed by atoms with van der Waals surface area (Å²) in [6.07, 6.45) is 1.73. The van der Waals surface area contributed by atoms with Gasteiger partial charge in [-0.2, -0.15) is 0 Å². The van der Waals surface area contributed by atoms with E-state index in [1.54, 1.807) is 6.08 Å². The van der Waals surface area contributed by atoms with Crippen LogP contribution < -0.4 is 4.90 Å². The van der Waals surface area contributed by atoms with Crippen molar-refractivity contribution in [2.24, 2.45) is 0 Å². The first-order valence-corrected chi connectivity index (χ1v) is 6.88. The Morgan fingerprint density at radius 3 is 2.60 bits per heavy atom. The van der Waals surface area contributed by atoms with E-state index in [-0.39, 0.29) is 16.8 Å². The lowest BCUT2D eigenvalue weighted by atomic mass is 10.1. The number of carbonyl (C=O) groups excluding carboxylic acids is 1. The number of nitrogens with zero attached hydrogens (tertiary/aromatic N) is 2. The number of likely N-dealkylation sites (N-methyl/N-ethyl adjacent to an activating group) is 1. The van der Waals surface area contributed by atoms with Crippen molar-refractivity contribution >= 4 is 35.1 Å². The van der Waals surface area contributed by atoms with Gasteiger partial charge in [-0.25, -0.2) is 0 Å². The number of amides is 1. The highest BCUT2D eigenvalue weighted by molar-refractivity contribution is 7.80. The van der Waals surface area contributed by atoms with Gasteiger partial charge < -0.3 is 9.64 Å². The van der Waals surface area contributed by atoms with Gasteiger partial charge >= 0.3 is 0 Å². The molecule has 1 aromatic carbocycles. The molecule has 0 spiro atoms. The molecule has 20 heavy (non-hydrogen) atoms. The topological polar surface area (TPSA) is 32.8 Å². The SMILES string of the molecule is CCN1C(=O)/C(=C\c2ccc(N(C)C)c(C)c2)OC1=S. The van der Waals surface area contributed by atoms with E-state index < -0.39 is 0 Å². The molecule has 0 unspecified atom stereocenters. The fourth-order valence-electron chi connectivity index (χ4n) is 2.19. The van der Waals surface area contributed by atoms with Crippen molar-refractivity contribution in [1.82, 2.24) is 4.90 Å². The van der Waals surface area contributed by atoms with E-state index >= 15 is 0 Å². The number of rotatable bonds is 3. The molecule has 0 saturated carbocycles. The Balaban J connectivity index is 2.30. The number of hydrogen-bond acceptors (Lipinski definition) is 4. The summed E-state index contributed by atoms with van der Waals surface area (Å²) in [6.45, 7) is 4.43. The van der Waals surface area contributed by atoms with Crippen molar-refractivity contribution in [3.8, 4) is 0 Å². The molecule has 0 aliphatic carbocycles. The number of anilines is 1. The van der Waals surface area contributed by atoms with E-state index in [9.17, 15) is 4.79 Å². The predicted molar refractivity (Wildman–Crippen MR) is 84.6 cm³/mol. The lowest BCUT2D eigenvalue weighted by Crippen LogP contribution is -2.27. The number of thiocarbonyl (C=S) groups is 1. The molecule has 1 aliphatic rings.